The van der Waals surface area contributed by atoms with E-state index in [0.29, 0.717) is 6.42 Å². The minimum atomic E-state index is -1.11. The van der Waals surface area contributed by atoms with Crippen molar-refractivity contribution in [3.8, 4) is 12.3 Å². The van der Waals surface area contributed by atoms with Crippen LogP contribution in [0.1, 0.15) is 19.8 Å². The number of carbonyl (C=O) groups is 2. The number of terminal acetylenes is 1. The third-order valence-corrected chi connectivity index (χ3v) is 1.66. The smallest absolute Gasteiger partial charge is 0.305 e. The molecule has 0 spiro atoms. The van der Waals surface area contributed by atoms with Crippen LogP contribution in [0.3, 0.4) is 0 Å². The van der Waals surface area contributed by atoms with Gasteiger partial charge in [-0.15, -0.1) is 6.42 Å². The van der Waals surface area contributed by atoms with E-state index in [2.05, 4.69) is 11.2 Å². The van der Waals surface area contributed by atoms with Gasteiger partial charge in [0.2, 0.25) is 5.91 Å². The molecule has 0 aliphatic carbocycles. The van der Waals surface area contributed by atoms with Crippen LogP contribution in [0.25, 0.3) is 0 Å². The Bertz CT molecular complexity index is 257. The average Bonchev–Trinajstić information content (AvgIpc) is 2.12. The summed E-state index contributed by atoms with van der Waals surface area (Å²) in [6.45, 7) is 1.81. The van der Waals surface area contributed by atoms with Gasteiger partial charge in [0.05, 0.1) is 18.5 Å². The Morgan fingerprint density at radius 2 is 2.21 bits per heavy atom. The zero-order valence-corrected chi connectivity index (χ0v) is 7.99. The van der Waals surface area contributed by atoms with Gasteiger partial charge in [-0.25, -0.2) is 0 Å². The molecular formula is C9H14N2O3. The second-order valence-electron chi connectivity index (χ2n) is 2.84. The maximum Gasteiger partial charge on any atom is 0.305 e. The van der Waals surface area contributed by atoms with Crippen LogP contribution in [0, 0.1) is 12.3 Å². The number of hydrogen-bond acceptors (Lipinski definition) is 3. The highest BCUT2D eigenvalue weighted by Crippen LogP contribution is 1.92. The maximum absolute atomic E-state index is 11.2. The van der Waals surface area contributed by atoms with E-state index in [1.165, 1.54) is 0 Å². The molecule has 0 aromatic carbocycles. The molecule has 2 unspecified atom stereocenters. The summed E-state index contributed by atoms with van der Waals surface area (Å²) >= 11 is 0. The molecule has 0 bridgehead atoms. The molecule has 4 N–H and O–H groups in total. The second-order valence-corrected chi connectivity index (χ2v) is 2.84. The summed E-state index contributed by atoms with van der Waals surface area (Å²) in [5.41, 5.74) is 5.31. The zero-order valence-electron chi connectivity index (χ0n) is 7.99. The van der Waals surface area contributed by atoms with Gasteiger partial charge in [-0.1, -0.05) is 12.8 Å². The minimum Gasteiger partial charge on any atom is -0.481 e. The molecule has 0 aromatic rings. The van der Waals surface area contributed by atoms with Crippen molar-refractivity contribution in [2.75, 3.05) is 0 Å². The minimum absolute atomic E-state index is 0.387. The molecule has 5 nitrogen and oxygen atoms in total. The van der Waals surface area contributed by atoms with Crippen LogP contribution in [0.2, 0.25) is 0 Å². The Kier molecular flexibility index (Phi) is 5.34. The number of carboxylic acids is 1. The Labute approximate surface area is 82.7 Å². The summed E-state index contributed by atoms with van der Waals surface area (Å²) in [4.78, 5) is 21.5. The van der Waals surface area contributed by atoms with E-state index in [1.807, 2.05) is 6.92 Å². The second kappa shape index (κ2) is 6.00. The average molecular weight is 198 g/mol. The molecule has 1 amide bonds. The fourth-order valence-electron chi connectivity index (χ4n) is 0.821. The highest BCUT2D eigenvalue weighted by atomic mass is 16.4. The van der Waals surface area contributed by atoms with Crippen LogP contribution in [-0.2, 0) is 9.59 Å². The first-order chi connectivity index (χ1) is 6.51. The standard InChI is InChI=1S/C9H14N2O3/c1-3-6(4-2)11-9(14)7(10)5-8(12)13/h1,6-7H,4-5,10H2,2H3,(H,11,14)(H,12,13). The van der Waals surface area contributed by atoms with Crippen molar-refractivity contribution >= 4 is 11.9 Å². The van der Waals surface area contributed by atoms with Crippen molar-refractivity contribution in [3.63, 3.8) is 0 Å². The van der Waals surface area contributed by atoms with E-state index >= 15 is 0 Å². The first-order valence-corrected chi connectivity index (χ1v) is 4.25. The highest BCUT2D eigenvalue weighted by molar-refractivity contribution is 5.86. The predicted octanol–water partition coefficient (Wildman–Crippen LogP) is -0.684. The van der Waals surface area contributed by atoms with Crippen molar-refractivity contribution in [1.29, 1.82) is 0 Å². The topological polar surface area (TPSA) is 92.4 Å². The monoisotopic (exact) mass is 198 g/mol. The lowest BCUT2D eigenvalue weighted by Gasteiger charge is -2.14. The number of rotatable bonds is 5. The van der Waals surface area contributed by atoms with Crippen LogP contribution in [0.4, 0.5) is 0 Å². The van der Waals surface area contributed by atoms with E-state index in [-0.39, 0.29) is 6.04 Å². The molecule has 78 valence electrons. The van der Waals surface area contributed by atoms with Gasteiger partial charge in [0.25, 0.3) is 0 Å². The summed E-state index contributed by atoms with van der Waals surface area (Å²) in [5, 5.41) is 10.8. The van der Waals surface area contributed by atoms with Crippen molar-refractivity contribution in [2.24, 2.45) is 5.73 Å². The number of carboxylic acid groups (broad SMARTS) is 1. The Balaban J connectivity index is 4.08. The van der Waals surface area contributed by atoms with E-state index < -0.39 is 24.3 Å². The summed E-state index contributed by atoms with van der Waals surface area (Å²) in [7, 11) is 0. The van der Waals surface area contributed by atoms with Gasteiger partial charge in [-0.05, 0) is 6.42 Å². The number of nitrogens with one attached hydrogen (secondary N) is 1. The van der Waals surface area contributed by atoms with Crippen LogP contribution < -0.4 is 11.1 Å². The van der Waals surface area contributed by atoms with Crippen molar-refractivity contribution in [3.05, 3.63) is 0 Å². The SMILES string of the molecule is C#CC(CC)NC(=O)C(N)CC(=O)O. The summed E-state index contributed by atoms with van der Waals surface area (Å²) < 4.78 is 0. The lowest BCUT2D eigenvalue weighted by atomic mass is 10.1. The fraction of sp³-hybridized carbons (Fsp3) is 0.556. The van der Waals surface area contributed by atoms with Crippen molar-refractivity contribution < 1.29 is 14.7 Å². The van der Waals surface area contributed by atoms with Crippen molar-refractivity contribution in [2.45, 2.75) is 31.8 Å². The highest BCUT2D eigenvalue weighted by Gasteiger charge is 2.18. The van der Waals surface area contributed by atoms with E-state index in [0.717, 1.165) is 0 Å². The molecule has 0 radical (unpaired) electrons. The Hall–Kier alpha value is -1.54. The number of carbonyl (C=O) groups excluding carboxylic acids is 1. The van der Waals surface area contributed by atoms with Crippen LogP contribution in [0.5, 0.6) is 0 Å². The fourth-order valence-corrected chi connectivity index (χ4v) is 0.821. The predicted molar refractivity (Wildman–Crippen MR) is 51.3 cm³/mol. The summed E-state index contributed by atoms with van der Waals surface area (Å²) in [6.07, 6.45) is 5.30. The molecule has 0 fully saturated rings. The van der Waals surface area contributed by atoms with Gasteiger partial charge < -0.3 is 16.2 Å². The first kappa shape index (κ1) is 12.5. The molecule has 0 heterocycles. The molecule has 0 saturated heterocycles. The van der Waals surface area contributed by atoms with Gasteiger partial charge in [-0.2, -0.15) is 0 Å². The third-order valence-electron chi connectivity index (χ3n) is 1.66. The maximum atomic E-state index is 11.2. The Morgan fingerprint density at radius 1 is 1.64 bits per heavy atom. The zero-order chi connectivity index (χ0) is 11.1. The quantitative estimate of drug-likeness (QED) is 0.510. The van der Waals surface area contributed by atoms with Gasteiger partial charge >= 0.3 is 5.97 Å². The molecule has 5 heteroatoms. The largest absolute Gasteiger partial charge is 0.481 e. The third kappa shape index (κ3) is 4.48. The number of nitrogens with two attached hydrogens (primary N) is 1. The molecule has 0 aliphatic rings. The van der Waals surface area contributed by atoms with Crippen LogP contribution >= 0.6 is 0 Å². The number of aliphatic carboxylic acids is 1. The molecule has 2 atom stereocenters. The Morgan fingerprint density at radius 3 is 2.57 bits per heavy atom. The van der Waals surface area contributed by atoms with Gasteiger partial charge in [0.1, 0.15) is 0 Å². The van der Waals surface area contributed by atoms with E-state index in [1.54, 1.807) is 0 Å². The number of amides is 1. The van der Waals surface area contributed by atoms with Crippen LogP contribution in [0.15, 0.2) is 0 Å². The van der Waals surface area contributed by atoms with E-state index in [4.69, 9.17) is 17.3 Å². The van der Waals surface area contributed by atoms with Crippen molar-refractivity contribution in [1.82, 2.24) is 5.32 Å². The lowest BCUT2D eigenvalue weighted by molar-refractivity contribution is -0.139. The van der Waals surface area contributed by atoms with Crippen LogP contribution in [-0.4, -0.2) is 29.1 Å². The summed E-state index contributed by atoms with van der Waals surface area (Å²) in [6, 6.07) is -1.43. The lowest BCUT2D eigenvalue weighted by Crippen LogP contribution is -2.45. The van der Waals surface area contributed by atoms with Gasteiger partial charge in [0.15, 0.2) is 0 Å². The molecule has 0 rings (SSSR count). The normalized spacial score (nSPS) is 13.8. The molecule has 0 saturated carbocycles. The number of hydrogen-bond donors (Lipinski definition) is 3. The molecular weight excluding hydrogens is 184 g/mol. The molecule has 0 aromatic heterocycles. The molecule has 14 heavy (non-hydrogen) atoms. The molecule has 0 aliphatic heterocycles. The van der Waals surface area contributed by atoms with Gasteiger partial charge in [0, 0.05) is 0 Å². The first-order valence-electron chi connectivity index (χ1n) is 4.25. The summed E-state index contributed by atoms with van der Waals surface area (Å²) in [5.74, 6) is 0.716. The van der Waals surface area contributed by atoms with E-state index in [9.17, 15) is 9.59 Å². The van der Waals surface area contributed by atoms with Gasteiger partial charge in [-0.3, -0.25) is 9.59 Å².